The van der Waals surface area contributed by atoms with E-state index in [0.29, 0.717) is 12.8 Å². The number of anilines is 2. The van der Waals surface area contributed by atoms with Crippen molar-refractivity contribution in [1.29, 1.82) is 0 Å². The van der Waals surface area contributed by atoms with Crippen LogP contribution in [-0.2, 0) is 5.41 Å². The summed E-state index contributed by atoms with van der Waals surface area (Å²) >= 11 is 0. The average Bonchev–Trinajstić information content (AvgIpc) is 2.96. The van der Waals surface area contributed by atoms with Gasteiger partial charge in [0, 0.05) is 23.2 Å². The molecule has 3 atom stereocenters. The predicted octanol–water partition coefficient (Wildman–Crippen LogP) is 4.31. The molecular weight excluding hydrogens is 372 g/mol. The largest absolute Gasteiger partial charge is 0.458 e. The Balaban J connectivity index is 1.60. The zero-order valence-corrected chi connectivity index (χ0v) is 17.3. The number of halogens is 1. The molecular formula is C26H23BFNO. The van der Waals surface area contributed by atoms with Crippen LogP contribution in [0.4, 0.5) is 15.8 Å². The molecule has 0 radical (unpaired) electrons. The Morgan fingerprint density at radius 1 is 0.967 bits per heavy atom. The highest BCUT2D eigenvalue weighted by Gasteiger charge is 2.62. The van der Waals surface area contributed by atoms with E-state index >= 15 is 0 Å². The van der Waals surface area contributed by atoms with Gasteiger partial charge >= 0.3 is 0 Å². The third-order valence-electron chi connectivity index (χ3n) is 8.48. The second-order valence-corrected chi connectivity index (χ2v) is 9.79. The molecule has 0 saturated heterocycles. The maximum Gasteiger partial charge on any atom is 0.256 e. The lowest BCUT2D eigenvalue weighted by atomic mass is 9.34. The van der Waals surface area contributed by atoms with Crippen LogP contribution in [0.1, 0.15) is 38.7 Å². The fraction of sp³-hybridized carbons (Fsp3) is 0.308. The summed E-state index contributed by atoms with van der Waals surface area (Å²) in [6.45, 7) is 4.79. The van der Waals surface area contributed by atoms with Gasteiger partial charge in [-0.1, -0.05) is 49.4 Å². The molecule has 0 aromatic heterocycles. The molecule has 1 fully saturated rings. The average molecular weight is 395 g/mol. The second kappa shape index (κ2) is 5.29. The Bertz CT molecular complexity index is 1240. The van der Waals surface area contributed by atoms with Gasteiger partial charge in [0.05, 0.1) is 5.54 Å². The van der Waals surface area contributed by atoms with Crippen LogP contribution in [-0.4, -0.2) is 18.4 Å². The van der Waals surface area contributed by atoms with E-state index in [9.17, 15) is 4.39 Å². The fourth-order valence-corrected chi connectivity index (χ4v) is 6.87. The number of alkyl halides is 1. The molecule has 30 heavy (non-hydrogen) atoms. The maximum atomic E-state index is 14.8. The molecule has 3 aliphatic heterocycles. The van der Waals surface area contributed by atoms with E-state index in [0.717, 1.165) is 17.9 Å². The minimum atomic E-state index is -0.755. The number of nitrogens with zero attached hydrogens (tertiary/aromatic N) is 1. The van der Waals surface area contributed by atoms with Crippen LogP contribution in [0.3, 0.4) is 0 Å². The van der Waals surface area contributed by atoms with Crippen molar-refractivity contribution in [3.05, 3.63) is 66.2 Å². The van der Waals surface area contributed by atoms with Gasteiger partial charge in [-0.05, 0) is 59.9 Å². The van der Waals surface area contributed by atoms with Crippen LogP contribution in [0.15, 0.2) is 60.7 Å². The molecule has 148 valence electrons. The normalized spacial score (nSPS) is 29.5. The van der Waals surface area contributed by atoms with E-state index in [1.54, 1.807) is 0 Å². The van der Waals surface area contributed by atoms with Crippen molar-refractivity contribution in [3.8, 4) is 11.5 Å². The molecule has 3 unspecified atom stereocenters. The highest BCUT2D eigenvalue weighted by atomic mass is 19.1. The Labute approximate surface area is 176 Å². The highest BCUT2D eigenvalue weighted by molar-refractivity contribution is 6.99. The van der Waals surface area contributed by atoms with E-state index in [1.807, 2.05) is 6.07 Å². The Kier molecular flexibility index (Phi) is 3.00. The quantitative estimate of drug-likeness (QED) is 0.412. The lowest BCUT2D eigenvalue weighted by Gasteiger charge is -2.52. The van der Waals surface area contributed by atoms with Gasteiger partial charge in [-0.25, -0.2) is 4.39 Å². The van der Waals surface area contributed by atoms with E-state index in [2.05, 4.69) is 73.3 Å². The number of benzene rings is 3. The summed E-state index contributed by atoms with van der Waals surface area (Å²) in [5, 5.41) is 0. The number of hydrogen-bond acceptors (Lipinski definition) is 2. The van der Waals surface area contributed by atoms with Gasteiger partial charge in [0.1, 0.15) is 17.7 Å². The molecule has 0 spiro atoms. The lowest BCUT2D eigenvalue weighted by molar-refractivity contribution is 0.115. The number of fused-ring (bicyclic) bond motifs is 7. The first-order chi connectivity index (χ1) is 14.5. The van der Waals surface area contributed by atoms with Crippen molar-refractivity contribution in [2.45, 2.75) is 50.2 Å². The first-order valence-electron chi connectivity index (χ1n) is 11.0. The second-order valence-electron chi connectivity index (χ2n) is 9.79. The first-order valence-corrected chi connectivity index (χ1v) is 11.0. The maximum absolute atomic E-state index is 14.8. The van der Waals surface area contributed by atoms with Gasteiger partial charge in [-0.2, -0.15) is 0 Å². The number of para-hydroxylation sites is 2. The summed E-state index contributed by atoms with van der Waals surface area (Å²) in [6.07, 6.45) is 1.33. The summed E-state index contributed by atoms with van der Waals surface area (Å²) in [5.41, 5.74) is 7.30. The third-order valence-corrected chi connectivity index (χ3v) is 8.48. The molecule has 3 aromatic carbocycles. The van der Waals surface area contributed by atoms with Crippen molar-refractivity contribution >= 4 is 34.5 Å². The summed E-state index contributed by atoms with van der Waals surface area (Å²) < 4.78 is 21.2. The first kappa shape index (κ1) is 17.0. The molecule has 3 aromatic rings. The van der Waals surface area contributed by atoms with E-state index < -0.39 is 6.17 Å². The van der Waals surface area contributed by atoms with Gasteiger partial charge in [-0.3, -0.25) is 0 Å². The van der Waals surface area contributed by atoms with E-state index in [4.69, 9.17) is 4.74 Å². The molecule has 1 saturated carbocycles. The van der Waals surface area contributed by atoms with Crippen LogP contribution < -0.4 is 26.0 Å². The molecule has 0 bridgehead atoms. The number of hydrogen-bond donors (Lipinski definition) is 0. The summed E-state index contributed by atoms with van der Waals surface area (Å²) in [4.78, 5) is 2.48. The van der Waals surface area contributed by atoms with E-state index in [-0.39, 0.29) is 17.7 Å². The third kappa shape index (κ3) is 1.75. The zero-order chi connectivity index (χ0) is 20.3. The van der Waals surface area contributed by atoms with Crippen LogP contribution in [0, 0.1) is 0 Å². The molecule has 0 amide bonds. The lowest BCUT2D eigenvalue weighted by Crippen LogP contribution is -2.64. The van der Waals surface area contributed by atoms with Gasteiger partial charge in [0.2, 0.25) is 0 Å². The highest BCUT2D eigenvalue weighted by Crippen LogP contribution is 2.61. The SMILES string of the molecule is CC12CCC(F)CC1(C)N1c3cccc4c3B(c3ccccc3O4)c3cccc2c31. The van der Waals surface area contributed by atoms with Gasteiger partial charge in [0.15, 0.2) is 0 Å². The minimum absolute atomic E-state index is 0.0719. The summed E-state index contributed by atoms with van der Waals surface area (Å²) in [5.74, 6) is 1.87. The monoisotopic (exact) mass is 395 g/mol. The fourth-order valence-electron chi connectivity index (χ4n) is 6.87. The predicted molar refractivity (Wildman–Crippen MR) is 121 cm³/mol. The zero-order valence-electron chi connectivity index (χ0n) is 17.3. The molecule has 4 aliphatic rings. The molecule has 3 heterocycles. The van der Waals surface area contributed by atoms with Crippen molar-refractivity contribution in [1.82, 2.24) is 0 Å². The van der Waals surface area contributed by atoms with Crippen molar-refractivity contribution in [2.75, 3.05) is 4.90 Å². The van der Waals surface area contributed by atoms with Crippen molar-refractivity contribution in [3.63, 3.8) is 0 Å². The van der Waals surface area contributed by atoms with Crippen LogP contribution >= 0.6 is 0 Å². The van der Waals surface area contributed by atoms with Crippen LogP contribution in [0.5, 0.6) is 11.5 Å². The standard InChI is InChI=1S/C26H23BFNO/c1-25-14-13-16(28)15-26(25,2)29-20-10-6-12-22-23(20)27(18-8-3-4-11-21(18)30-22)19-9-5-7-17(25)24(19)29/h3-12,16H,13-15H2,1-2H3. The Morgan fingerprint density at radius 2 is 1.73 bits per heavy atom. The minimum Gasteiger partial charge on any atom is -0.458 e. The molecule has 1 aliphatic carbocycles. The Morgan fingerprint density at radius 3 is 2.63 bits per heavy atom. The van der Waals surface area contributed by atoms with Crippen LogP contribution in [0.25, 0.3) is 0 Å². The smallest absolute Gasteiger partial charge is 0.256 e. The van der Waals surface area contributed by atoms with E-state index in [1.165, 1.54) is 33.3 Å². The molecule has 0 N–H and O–H groups in total. The Hall–Kier alpha value is -2.75. The van der Waals surface area contributed by atoms with Crippen molar-refractivity contribution < 1.29 is 9.13 Å². The van der Waals surface area contributed by atoms with Gasteiger partial charge < -0.3 is 9.64 Å². The topological polar surface area (TPSA) is 12.5 Å². The number of ether oxygens (including phenoxy) is 1. The molecule has 7 rings (SSSR count). The van der Waals surface area contributed by atoms with Crippen LogP contribution in [0.2, 0.25) is 0 Å². The summed E-state index contributed by atoms with van der Waals surface area (Å²) in [7, 11) is 0. The summed E-state index contributed by atoms with van der Waals surface area (Å²) in [6, 6.07) is 21.5. The van der Waals surface area contributed by atoms with Crippen molar-refractivity contribution in [2.24, 2.45) is 0 Å². The molecule has 4 heteroatoms. The van der Waals surface area contributed by atoms with Gasteiger partial charge in [0.25, 0.3) is 6.71 Å². The molecule has 2 nitrogen and oxygen atoms in total. The number of rotatable bonds is 0. The van der Waals surface area contributed by atoms with Gasteiger partial charge in [-0.15, -0.1) is 0 Å².